The number of nitrogens with zero attached hydrogens (tertiary/aromatic N) is 1. The van der Waals surface area contributed by atoms with Crippen LogP contribution in [0.3, 0.4) is 0 Å². The van der Waals surface area contributed by atoms with Gasteiger partial charge in [-0.05, 0) is 33.3 Å². The highest BCUT2D eigenvalue weighted by atomic mass is 16.4. The Morgan fingerprint density at radius 2 is 1.89 bits per heavy atom. The molecular weight excluding hydrogens is 248 g/mol. The molecule has 0 unspecified atom stereocenters. The number of aromatic carboxylic acids is 1. The Morgan fingerprint density at radius 1 is 1.37 bits per heavy atom. The van der Waals surface area contributed by atoms with Crippen LogP contribution in [0.2, 0.25) is 0 Å². The lowest BCUT2D eigenvalue weighted by Crippen LogP contribution is -2.41. The fourth-order valence-electron chi connectivity index (χ4n) is 2.47. The van der Waals surface area contributed by atoms with E-state index in [2.05, 4.69) is 0 Å². The van der Waals surface area contributed by atoms with Gasteiger partial charge in [-0.3, -0.25) is 9.59 Å². The van der Waals surface area contributed by atoms with Gasteiger partial charge in [-0.15, -0.1) is 0 Å². The molecular formula is C13H18N2O4. The number of hydrogen-bond acceptors (Lipinski definition) is 3. The number of aromatic nitrogens is 1. The second kappa shape index (κ2) is 4.87. The van der Waals surface area contributed by atoms with Gasteiger partial charge in [0.2, 0.25) is 5.91 Å². The molecule has 0 radical (unpaired) electrons. The molecule has 0 bridgehead atoms. The normalized spacial score (nSPS) is 11.4. The van der Waals surface area contributed by atoms with E-state index in [1.165, 1.54) is 10.6 Å². The summed E-state index contributed by atoms with van der Waals surface area (Å²) in [5, 5.41) is 9.20. The minimum Gasteiger partial charge on any atom is -0.478 e. The molecule has 0 aromatic carbocycles. The zero-order valence-corrected chi connectivity index (χ0v) is 11.5. The Balaban J connectivity index is 3.61. The lowest BCUT2D eigenvalue weighted by molar-refractivity contribution is -0.119. The Labute approximate surface area is 110 Å². The molecule has 1 heterocycles. The molecule has 0 aliphatic carbocycles. The number of amides is 1. The molecule has 0 saturated carbocycles. The first-order valence-electron chi connectivity index (χ1n) is 5.83. The Morgan fingerprint density at radius 3 is 2.32 bits per heavy atom. The van der Waals surface area contributed by atoms with E-state index >= 15 is 0 Å². The maximum absolute atomic E-state index is 12.1. The van der Waals surface area contributed by atoms with Gasteiger partial charge in [0.25, 0.3) is 5.56 Å². The van der Waals surface area contributed by atoms with E-state index in [-0.39, 0.29) is 17.5 Å². The van der Waals surface area contributed by atoms with Crippen LogP contribution in [0.15, 0.2) is 10.9 Å². The van der Waals surface area contributed by atoms with Crippen molar-refractivity contribution in [2.75, 3.05) is 0 Å². The largest absolute Gasteiger partial charge is 0.478 e. The fourth-order valence-corrected chi connectivity index (χ4v) is 2.47. The quantitative estimate of drug-likeness (QED) is 0.840. The van der Waals surface area contributed by atoms with Crippen LogP contribution < -0.4 is 11.3 Å². The molecule has 3 N–H and O–H groups in total. The van der Waals surface area contributed by atoms with Crippen molar-refractivity contribution in [1.82, 2.24) is 4.57 Å². The van der Waals surface area contributed by atoms with E-state index in [1.54, 1.807) is 27.7 Å². The standard InChI is InChI=1S/C13H18N2O4/c1-7-5-10(17)15(8(2)11(7)12(18)19)13(3,4)6-9(14)16/h5H,6H2,1-4H3,(H2,14,16)(H,18,19). The molecule has 0 atom stereocenters. The van der Waals surface area contributed by atoms with E-state index in [0.717, 1.165) is 0 Å². The number of pyridine rings is 1. The van der Waals surface area contributed by atoms with Gasteiger partial charge in [0, 0.05) is 18.2 Å². The molecule has 1 amide bonds. The smallest absolute Gasteiger partial charge is 0.337 e. The van der Waals surface area contributed by atoms with Gasteiger partial charge < -0.3 is 15.4 Å². The van der Waals surface area contributed by atoms with Gasteiger partial charge in [-0.2, -0.15) is 0 Å². The highest BCUT2D eigenvalue weighted by Gasteiger charge is 2.28. The molecule has 0 fully saturated rings. The average Bonchev–Trinajstić information content (AvgIpc) is 2.11. The molecule has 19 heavy (non-hydrogen) atoms. The third-order valence-corrected chi connectivity index (χ3v) is 3.08. The lowest BCUT2D eigenvalue weighted by Gasteiger charge is -2.29. The monoisotopic (exact) mass is 266 g/mol. The van der Waals surface area contributed by atoms with E-state index < -0.39 is 17.4 Å². The number of carboxylic acid groups (broad SMARTS) is 1. The average molecular weight is 266 g/mol. The molecule has 0 spiro atoms. The van der Waals surface area contributed by atoms with Crippen molar-refractivity contribution in [1.29, 1.82) is 0 Å². The van der Waals surface area contributed by atoms with E-state index in [1.807, 2.05) is 0 Å². The summed E-state index contributed by atoms with van der Waals surface area (Å²) in [6.07, 6.45) is -0.0458. The summed E-state index contributed by atoms with van der Waals surface area (Å²) in [7, 11) is 0. The van der Waals surface area contributed by atoms with E-state index in [4.69, 9.17) is 5.73 Å². The maximum Gasteiger partial charge on any atom is 0.337 e. The van der Waals surface area contributed by atoms with Crippen LogP contribution in [0.4, 0.5) is 0 Å². The topological polar surface area (TPSA) is 102 Å². The number of nitrogens with two attached hydrogens (primary N) is 1. The SMILES string of the molecule is Cc1cc(=O)n(C(C)(C)CC(N)=O)c(C)c1C(=O)O. The fraction of sp³-hybridized carbons (Fsp3) is 0.462. The van der Waals surface area contributed by atoms with Gasteiger partial charge in [0.1, 0.15) is 0 Å². The zero-order chi connectivity index (χ0) is 15.0. The molecule has 1 aromatic heterocycles. The van der Waals surface area contributed by atoms with Crippen LogP contribution >= 0.6 is 0 Å². The van der Waals surface area contributed by atoms with Crippen molar-refractivity contribution < 1.29 is 14.7 Å². The van der Waals surface area contributed by atoms with Crippen molar-refractivity contribution in [2.24, 2.45) is 5.73 Å². The number of carbonyl (C=O) groups is 2. The molecule has 0 saturated heterocycles. The first kappa shape index (κ1) is 14.9. The van der Waals surface area contributed by atoms with Crippen LogP contribution in [0.1, 0.15) is 41.9 Å². The van der Waals surface area contributed by atoms with Crippen molar-refractivity contribution in [3.8, 4) is 0 Å². The summed E-state index contributed by atoms with van der Waals surface area (Å²) >= 11 is 0. The second-order valence-corrected chi connectivity index (χ2v) is 5.22. The number of rotatable bonds is 4. The number of carbonyl (C=O) groups excluding carboxylic acids is 1. The number of aryl methyl sites for hydroxylation is 1. The second-order valence-electron chi connectivity index (χ2n) is 5.22. The van der Waals surface area contributed by atoms with Gasteiger partial charge >= 0.3 is 5.97 Å². The van der Waals surface area contributed by atoms with Crippen LogP contribution in [-0.4, -0.2) is 21.6 Å². The van der Waals surface area contributed by atoms with Crippen LogP contribution in [0, 0.1) is 13.8 Å². The first-order chi connectivity index (χ1) is 8.58. The Kier molecular flexibility index (Phi) is 3.83. The van der Waals surface area contributed by atoms with Crippen LogP contribution in [-0.2, 0) is 10.3 Å². The maximum atomic E-state index is 12.1. The van der Waals surface area contributed by atoms with Crippen molar-refractivity contribution in [2.45, 2.75) is 39.7 Å². The molecule has 1 rings (SSSR count). The van der Waals surface area contributed by atoms with Gasteiger partial charge in [-0.25, -0.2) is 4.79 Å². The number of primary amides is 1. The molecule has 6 heteroatoms. The molecule has 104 valence electrons. The third kappa shape index (κ3) is 2.83. The zero-order valence-electron chi connectivity index (χ0n) is 11.5. The molecule has 6 nitrogen and oxygen atoms in total. The summed E-state index contributed by atoms with van der Waals surface area (Å²) < 4.78 is 1.31. The summed E-state index contributed by atoms with van der Waals surface area (Å²) in [6, 6.07) is 1.26. The van der Waals surface area contributed by atoms with E-state index in [9.17, 15) is 19.5 Å². The number of carboxylic acids is 1. The first-order valence-corrected chi connectivity index (χ1v) is 5.83. The Bertz CT molecular complexity index is 599. The summed E-state index contributed by atoms with van der Waals surface area (Å²) in [6.45, 7) is 6.48. The molecule has 1 aromatic rings. The van der Waals surface area contributed by atoms with Crippen molar-refractivity contribution >= 4 is 11.9 Å². The minimum atomic E-state index is -1.10. The number of hydrogen-bond donors (Lipinski definition) is 2. The summed E-state index contributed by atoms with van der Waals surface area (Å²) in [5.74, 6) is -1.65. The molecule has 0 aliphatic rings. The highest BCUT2D eigenvalue weighted by molar-refractivity contribution is 5.90. The predicted molar refractivity (Wildman–Crippen MR) is 70.3 cm³/mol. The van der Waals surface area contributed by atoms with Crippen LogP contribution in [0.5, 0.6) is 0 Å². The lowest BCUT2D eigenvalue weighted by atomic mass is 9.97. The minimum absolute atomic E-state index is 0.0458. The third-order valence-electron chi connectivity index (χ3n) is 3.08. The molecule has 0 aliphatic heterocycles. The highest BCUT2D eigenvalue weighted by Crippen LogP contribution is 2.22. The van der Waals surface area contributed by atoms with Gasteiger partial charge in [0.05, 0.1) is 11.1 Å². The van der Waals surface area contributed by atoms with Crippen molar-refractivity contribution in [3.63, 3.8) is 0 Å². The van der Waals surface area contributed by atoms with E-state index in [0.29, 0.717) is 11.3 Å². The van der Waals surface area contributed by atoms with Crippen LogP contribution in [0.25, 0.3) is 0 Å². The predicted octanol–water partition coefficient (Wildman–Crippen LogP) is 0.774. The Hall–Kier alpha value is -2.11. The van der Waals surface area contributed by atoms with Gasteiger partial charge in [-0.1, -0.05) is 0 Å². The van der Waals surface area contributed by atoms with Crippen molar-refractivity contribution in [3.05, 3.63) is 33.2 Å². The summed E-state index contributed by atoms with van der Waals surface area (Å²) in [4.78, 5) is 34.4. The van der Waals surface area contributed by atoms with Gasteiger partial charge in [0.15, 0.2) is 0 Å². The summed E-state index contributed by atoms with van der Waals surface area (Å²) in [5.41, 5.74) is 4.77.